The second-order valence-electron chi connectivity index (χ2n) is 36.3. The molecule has 0 atom stereocenters. The first-order valence-corrected chi connectivity index (χ1v) is 46.0. The first-order chi connectivity index (χ1) is 64.7. The van der Waals surface area contributed by atoms with Crippen LogP contribution >= 0.6 is 0 Å². The van der Waals surface area contributed by atoms with Gasteiger partial charge in [0.05, 0.1) is 5.69 Å². The molecule has 0 aliphatic heterocycles. The van der Waals surface area contributed by atoms with E-state index < -0.39 is 0 Å². The van der Waals surface area contributed by atoms with Crippen LogP contribution in [0.5, 0.6) is 0 Å². The largest absolute Gasteiger partial charge is 0.310 e. The van der Waals surface area contributed by atoms with Crippen LogP contribution in [-0.4, -0.2) is 0 Å². The summed E-state index contributed by atoms with van der Waals surface area (Å²) in [5.74, 6) is 0. The van der Waals surface area contributed by atoms with Gasteiger partial charge < -0.3 is 14.7 Å². The summed E-state index contributed by atoms with van der Waals surface area (Å²) in [4.78, 5) is 7.20. The average Bonchev–Trinajstić information content (AvgIpc) is 1.58. The van der Waals surface area contributed by atoms with Crippen molar-refractivity contribution < 1.29 is 0 Å². The van der Waals surface area contributed by atoms with E-state index in [1.165, 1.54) is 156 Å². The highest BCUT2D eigenvalue weighted by Crippen LogP contribution is 2.56. The van der Waals surface area contributed by atoms with E-state index in [1.807, 2.05) is 0 Å². The molecule has 0 aromatic heterocycles. The van der Waals surface area contributed by atoms with Gasteiger partial charge >= 0.3 is 0 Å². The lowest BCUT2D eigenvalue weighted by Crippen LogP contribution is -2.15. The Kier molecular flexibility index (Phi) is 22.2. The zero-order valence-electron chi connectivity index (χ0n) is 75.3. The van der Waals surface area contributed by atoms with Gasteiger partial charge in [-0.1, -0.05) is 436 Å². The van der Waals surface area contributed by atoms with E-state index in [4.69, 9.17) is 0 Å². The summed E-state index contributed by atoms with van der Waals surface area (Å²) in [5.41, 5.74) is 45.8. The van der Waals surface area contributed by atoms with Crippen molar-refractivity contribution in [3.63, 3.8) is 0 Å². The fraction of sp³-hybridized carbons (Fsp3) is 0.0698. The summed E-state index contributed by atoms with van der Waals surface area (Å²) in [5, 5.41) is 0. The minimum absolute atomic E-state index is 0.0140. The van der Waals surface area contributed by atoms with Crippen molar-refractivity contribution >= 4 is 51.2 Å². The molecule has 132 heavy (non-hydrogen) atoms. The van der Waals surface area contributed by atoms with Gasteiger partial charge in [0.1, 0.15) is 0 Å². The second-order valence-corrected chi connectivity index (χ2v) is 36.3. The van der Waals surface area contributed by atoms with Crippen LogP contribution in [0, 0.1) is 0 Å². The molecule has 3 nitrogen and oxygen atoms in total. The molecule has 3 heteroatoms. The highest BCUT2D eigenvalue weighted by atomic mass is 15.2. The maximum atomic E-state index is 2.43. The van der Waals surface area contributed by atoms with E-state index in [0.29, 0.717) is 0 Å². The third-order valence-electron chi connectivity index (χ3n) is 27.3. The Labute approximate surface area is 777 Å². The fourth-order valence-corrected chi connectivity index (χ4v) is 20.4. The van der Waals surface area contributed by atoms with E-state index >= 15 is 0 Å². The SMILES string of the molecule is CC1(C)c2ccccc2-c2cc(N(c3ccc(-c4ccccc4)cc3)c3ccc(-c4ccccc4)cc3-c3ccccc3)ccc21.CC1(C)c2ccccc2-c2cc(N(c3ccc(-c4ccccc4)cc3)c3ccc(-c4ccccc4-c4ccccc4)cc3)ccc21.CC1(C)c2ccccc2-c2cc(N(c3ccc(-c4ccccc4)cc3)c3cccc(-c4ccccc4)c3)ccc21. The van der Waals surface area contributed by atoms with Crippen molar-refractivity contribution in [1.29, 1.82) is 0 Å². The number of rotatable bonds is 17. The molecular weight excluding hydrogens is 1590 g/mol. The summed E-state index contributed by atoms with van der Waals surface area (Å²) in [6.45, 7) is 14.0. The molecule has 20 aromatic carbocycles. The minimum Gasteiger partial charge on any atom is -0.310 e. The van der Waals surface area contributed by atoms with Crippen molar-refractivity contribution in [2.24, 2.45) is 0 Å². The molecular formula is C129H101N3. The van der Waals surface area contributed by atoms with E-state index in [1.54, 1.807) is 0 Å². The van der Waals surface area contributed by atoms with E-state index in [9.17, 15) is 0 Å². The number of nitrogens with zero attached hydrogens (tertiary/aromatic N) is 3. The van der Waals surface area contributed by atoms with Crippen LogP contribution < -0.4 is 14.7 Å². The van der Waals surface area contributed by atoms with Gasteiger partial charge in [0.25, 0.3) is 0 Å². The normalized spacial score (nSPS) is 12.8. The molecule has 632 valence electrons. The molecule has 0 heterocycles. The van der Waals surface area contributed by atoms with Crippen LogP contribution in [0.3, 0.4) is 0 Å². The maximum Gasteiger partial charge on any atom is 0.0540 e. The Bertz CT molecular complexity index is 7520. The Balaban J connectivity index is 0.000000120. The van der Waals surface area contributed by atoms with Crippen molar-refractivity contribution in [1.82, 2.24) is 0 Å². The lowest BCUT2D eigenvalue weighted by molar-refractivity contribution is 0.660. The predicted molar refractivity (Wildman–Crippen MR) is 560 cm³/mol. The number of hydrogen-bond acceptors (Lipinski definition) is 3. The van der Waals surface area contributed by atoms with Crippen molar-refractivity contribution in [2.75, 3.05) is 14.7 Å². The monoisotopic (exact) mass is 1690 g/mol. The van der Waals surface area contributed by atoms with Crippen LogP contribution in [0.1, 0.15) is 74.9 Å². The van der Waals surface area contributed by atoms with Gasteiger partial charge in [-0.05, 0) is 259 Å². The molecule has 0 spiro atoms. The highest BCUT2D eigenvalue weighted by molar-refractivity contribution is 5.96. The molecule has 23 rings (SSSR count). The van der Waals surface area contributed by atoms with E-state index in [2.05, 4.69) is 560 Å². The van der Waals surface area contributed by atoms with Crippen LogP contribution in [-0.2, 0) is 16.2 Å². The molecule has 3 aliphatic carbocycles. The quantitative estimate of drug-likeness (QED) is 0.0900. The Morgan fingerprint density at radius 2 is 0.333 bits per heavy atom. The standard InChI is InChI=1S/2C45H35N.C39H31N/c1-45(2)42-21-13-12-20-39(42)41-31-38(27-28-43(41)45)46(37-25-22-34(23-26-37)32-14-6-3-7-15-32)44-29-24-36(33-16-8-4-9-17-33)30-40(44)35-18-10-5-11-19-35;1-45(2)43-20-12-11-19-41(43)42-31-38(29-30-44(42)45)46(36-25-21-33(22-26-36)32-13-5-3-6-14-32)37-27-23-35(24-28-37)40-18-10-9-17-39(40)34-15-7-4-8-16-34;1-39(2)37-19-10-9-18-35(37)36-27-34(24-25-38(36)39)40(32-22-20-30(21-23-32)28-12-5-3-6-13-28)33-17-11-16-31(26-33)29-14-7-4-8-15-29/h2*3-31H,1-2H3;3-27H,1-2H3. The van der Waals surface area contributed by atoms with E-state index in [0.717, 1.165) is 51.2 Å². The Morgan fingerprint density at radius 1 is 0.121 bits per heavy atom. The molecule has 0 N–H and O–H groups in total. The van der Waals surface area contributed by atoms with Gasteiger partial charge in [0.2, 0.25) is 0 Å². The summed E-state index contributed by atoms with van der Waals surface area (Å²) in [6, 6.07) is 182. The molecule has 3 aliphatic rings. The number of benzene rings is 20. The predicted octanol–water partition coefficient (Wildman–Crippen LogP) is 35.7. The van der Waals surface area contributed by atoms with Gasteiger partial charge in [-0.2, -0.15) is 0 Å². The van der Waals surface area contributed by atoms with Gasteiger partial charge in [0.15, 0.2) is 0 Å². The van der Waals surface area contributed by atoms with Gasteiger partial charge in [-0.25, -0.2) is 0 Å². The smallest absolute Gasteiger partial charge is 0.0540 e. The van der Waals surface area contributed by atoms with Crippen LogP contribution in [0.2, 0.25) is 0 Å². The first kappa shape index (κ1) is 82.8. The summed E-state index contributed by atoms with van der Waals surface area (Å²) in [6.07, 6.45) is 0. The molecule has 0 saturated carbocycles. The zero-order valence-corrected chi connectivity index (χ0v) is 75.3. The molecule has 0 bridgehead atoms. The highest BCUT2D eigenvalue weighted by Gasteiger charge is 2.39. The van der Waals surface area contributed by atoms with Gasteiger partial charge in [0, 0.05) is 67.3 Å². The van der Waals surface area contributed by atoms with E-state index in [-0.39, 0.29) is 16.2 Å². The van der Waals surface area contributed by atoms with Crippen LogP contribution in [0.4, 0.5) is 51.2 Å². The van der Waals surface area contributed by atoms with Gasteiger partial charge in [-0.3, -0.25) is 0 Å². The maximum absolute atomic E-state index is 2.43. The zero-order chi connectivity index (χ0) is 89.3. The molecule has 0 saturated heterocycles. The number of anilines is 9. The second kappa shape index (κ2) is 35.4. The molecule has 0 radical (unpaired) electrons. The lowest BCUT2D eigenvalue weighted by Gasteiger charge is -2.29. The number of hydrogen-bond donors (Lipinski definition) is 0. The molecule has 20 aromatic rings. The lowest BCUT2D eigenvalue weighted by atomic mass is 9.82. The van der Waals surface area contributed by atoms with Crippen LogP contribution in [0.15, 0.2) is 504 Å². The first-order valence-electron chi connectivity index (χ1n) is 46.0. The number of fused-ring (bicyclic) bond motifs is 9. The van der Waals surface area contributed by atoms with Crippen molar-refractivity contribution in [2.45, 2.75) is 57.8 Å². The van der Waals surface area contributed by atoms with Crippen molar-refractivity contribution in [3.8, 4) is 122 Å². The molecule has 0 amide bonds. The summed E-state index contributed by atoms with van der Waals surface area (Å²) >= 11 is 0. The topological polar surface area (TPSA) is 9.72 Å². The fourth-order valence-electron chi connectivity index (χ4n) is 20.4. The molecule has 0 unspecified atom stereocenters. The molecule has 0 fully saturated rings. The Hall–Kier alpha value is -16.2. The van der Waals surface area contributed by atoms with Crippen molar-refractivity contribution in [3.05, 3.63) is 537 Å². The third kappa shape index (κ3) is 15.9. The minimum atomic E-state index is -0.0425. The van der Waals surface area contributed by atoms with Crippen LogP contribution in [0.25, 0.3) is 122 Å². The average molecular weight is 1690 g/mol. The van der Waals surface area contributed by atoms with Gasteiger partial charge in [-0.15, -0.1) is 0 Å². The summed E-state index contributed by atoms with van der Waals surface area (Å²) < 4.78 is 0. The third-order valence-corrected chi connectivity index (χ3v) is 27.3. The Morgan fingerprint density at radius 3 is 0.682 bits per heavy atom. The summed E-state index contributed by atoms with van der Waals surface area (Å²) in [7, 11) is 0.